The summed E-state index contributed by atoms with van der Waals surface area (Å²) in [6.07, 6.45) is 3.52. The summed E-state index contributed by atoms with van der Waals surface area (Å²) in [6, 6.07) is 4.70. The summed E-state index contributed by atoms with van der Waals surface area (Å²) >= 11 is 0. The maximum Gasteiger partial charge on any atom is 0.527 e. The molecule has 1 saturated carbocycles. The Morgan fingerprint density at radius 1 is 1.34 bits per heavy atom. The topological polar surface area (TPSA) is 146 Å². The van der Waals surface area contributed by atoms with E-state index >= 15 is 0 Å². The van der Waals surface area contributed by atoms with Gasteiger partial charge < -0.3 is 19.9 Å². The lowest BCUT2D eigenvalue weighted by molar-refractivity contribution is -0.00477. The first-order valence-electron chi connectivity index (χ1n) is 8.84. The molecule has 1 aliphatic rings. The highest BCUT2D eigenvalue weighted by Crippen LogP contribution is 2.50. The summed E-state index contributed by atoms with van der Waals surface area (Å²) in [7, 11) is -4.48. The molecule has 10 nitrogen and oxygen atoms in total. The Morgan fingerprint density at radius 3 is 2.93 bits per heavy atom. The molecule has 0 radical (unpaired) electrons. The molecule has 4 rings (SSSR count). The van der Waals surface area contributed by atoms with E-state index in [1.165, 1.54) is 24.5 Å². The first-order chi connectivity index (χ1) is 13.9. The fraction of sp³-hybridized carbons (Fsp3) is 0.353. The number of benzene rings is 1. The van der Waals surface area contributed by atoms with Gasteiger partial charge in [-0.05, 0) is 24.5 Å². The molecule has 1 unspecified atom stereocenters. The number of aliphatic hydroxyl groups excluding tert-OH is 1. The average Bonchev–Trinajstić information content (AvgIpc) is 3.06. The molecule has 29 heavy (non-hydrogen) atoms. The van der Waals surface area contributed by atoms with E-state index in [-0.39, 0.29) is 42.7 Å². The van der Waals surface area contributed by atoms with Crippen molar-refractivity contribution in [3.05, 3.63) is 42.7 Å². The van der Waals surface area contributed by atoms with Gasteiger partial charge in [-0.3, -0.25) is 9.42 Å². The van der Waals surface area contributed by atoms with Crippen LogP contribution in [0.3, 0.4) is 0 Å². The molecule has 0 saturated heterocycles. The molecule has 12 heteroatoms. The molecule has 1 aliphatic carbocycles. The second-order valence-electron chi connectivity index (χ2n) is 6.81. The summed E-state index contributed by atoms with van der Waals surface area (Å²) in [5, 5.41) is 9.59. The molecule has 1 fully saturated rings. The van der Waals surface area contributed by atoms with Gasteiger partial charge in [0.1, 0.15) is 23.4 Å². The minimum atomic E-state index is -4.48. The smallest absolute Gasteiger partial charge is 0.404 e. The minimum Gasteiger partial charge on any atom is -0.404 e. The van der Waals surface area contributed by atoms with Crippen molar-refractivity contribution in [2.24, 2.45) is 11.8 Å². The summed E-state index contributed by atoms with van der Waals surface area (Å²) in [5.74, 6) is -0.887. The number of hydrogen-bond donors (Lipinski definition) is 3. The highest BCUT2D eigenvalue weighted by Gasteiger charge is 2.44. The number of nitrogens with two attached hydrogens (primary N) is 1. The molecule has 0 bridgehead atoms. The number of aromatic nitrogens is 4. The Kier molecular flexibility index (Phi) is 5.22. The van der Waals surface area contributed by atoms with E-state index in [2.05, 4.69) is 15.0 Å². The van der Waals surface area contributed by atoms with Gasteiger partial charge in [0.05, 0.1) is 12.9 Å². The Morgan fingerprint density at radius 2 is 2.17 bits per heavy atom. The number of aliphatic hydroxyl groups is 1. The largest absolute Gasteiger partial charge is 0.527 e. The predicted octanol–water partition coefficient (Wildman–Crippen LogP) is 1.91. The highest BCUT2D eigenvalue weighted by molar-refractivity contribution is 7.47. The van der Waals surface area contributed by atoms with Crippen LogP contribution in [0.4, 0.5) is 10.2 Å². The van der Waals surface area contributed by atoms with Crippen LogP contribution in [0.1, 0.15) is 12.5 Å². The third kappa shape index (κ3) is 3.95. The van der Waals surface area contributed by atoms with Gasteiger partial charge in [0.15, 0.2) is 11.5 Å². The van der Waals surface area contributed by atoms with Crippen LogP contribution in [0.5, 0.6) is 5.75 Å². The first-order valence-corrected chi connectivity index (χ1v) is 10.3. The molecule has 4 atom stereocenters. The van der Waals surface area contributed by atoms with E-state index in [9.17, 15) is 19.0 Å². The van der Waals surface area contributed by atoms with E-state index < -0.39 is 13.6 Å². The van der Waals surface area contributed by atoms with Crippen molar-refractivity contribution in [2.45, 2.75) is 12.5 Å². The van der Waals surface area contributed by atoms with Crippen molar-refractivity contribution in [3.8, 4) is 5.75 Å². The number of anilines is 1. The second-order valence-corrected chi connectivity index (χ2v) is 8.18. The van der Waals surface area contributed by atoms with Crippen LogP contribution in [0.15, 0.2) is 36.9 Å². The predicted molar refractivity (Wildman–Crippen MR) is 100 cm³/mol. The first kappa shape index (κ1) is 19.7. The Hall–Kier alpha value is -2.59. The Bertz CT molecular complexity index is 1080. The molecule has 3 aromatic rings. The summed E-state index contributed by atoms with van der Waals surface area (Å²) in [5.41, 5.74) is 6.81. The molecule has 2 aromatic heterocycles. The molecular formula is C17H19FN5O5P. The Labute approximate surface area is 164 Å². The van der Waals surface area contributed by atoms with Crippen molar-refractivity contribution in [1.29, 1.82) is 0 Å². The van der Waals surface area contributed by atoms with Crippen LogP contribution in [-0.4, -0.2) is 42.7 Å². The maximum absolute atomic E-state index is 13.2. The van der Waals surface area contributed by atoms with Gasteiger partial charge in [0.25, 0.3) is 0 Å². The normalized spacial score (nSPS) is 23.5. The van der Waals surface area contributed by atoms with Gasteiger partial charge in [-0.2, -0.15) is 0 Å². The van der Waals surface area contributed by atoms with Crippen LogP contribution in [0.25, 0.3) is 11.2 Å². The highest BCUT2D eigenvalue weighted by atomic mass is 31.2. The van der Waals surface area contributed by atoms with Crippen LogP contribution < -0.4 is 10.3 Å². The van der Waals surface area contributed by atoms with Crippen molar-refractivity contribution in [1.82, 2.24) is 19.5 Å². The van der Waals surface area contributed by atoms with Crippen molar-refractivity contribution >= 4 is 24.8 Å². The van der Waals surface area contributed by atoms with Gasteiger partial charge in [-0.15, -0.1) is 0 Å². The lowest BCUT2D eigenvalue weighted by Gasteiger charge is -2.44. The molecule has 0 aliphatic heterocycles. The van der Waals surface area contributed by atoms with E-state index in [0.717, 1.165) is 6.07 Å². The molecule has 4 N–H and O–H groups in total. The zero-order valence-corrected chi connectivity index (χ0v) is 16.0. The second kappa shape index (κ2) is 7.68. The quantitative estimate of drug-likeness (QED) is 0.485. The van der Waals surface area contributed by atoms with E-state index in [0.29, 0.717) is 17.6 Å². The van der Waals surface area contributed by atoms with Crippen LogP contribution in [0, 0.1) is 17.7 Å². The third-order valence-electron chi connectivity index (χ3n) is 5.07. The van der Waals surface area contributed by atoms with Crippen LogP contribution in [0.2, 0.25) is 0 Å². The van der Waals surface area contributed by atoms with Gasteiger partial charge in [0, 0.05) is 24.6 Å². The number of phosphoric acid groups is 1. The zero-order valence-electron chi connectivity index (χ0n) is 15.1. The van der Waals surface area contributed by atoms with E-state index in [1.54, 1.807) is 10.9 Å². The standard InChI is InChI=1S/C17H19FN5O5P/c18-11-2-1-3-12(5-11)28-29(25,26)27-7-13-10(6-24)4-14(13)23-9-22-15-16(19)20-8-21-17(15)23/h1-3,5,8-10,13-14,24H,4,6-7H2,(H,25,26)(H2,19,20,21)/t10-,13+,14-/m1/s1. The van der Waals surface area contributed by atoms with Crippen molar-refractivity contribution in [2.75, 3.05) is 18.9 Å². The average molecular weight is 423 g/mol. The van der Waals surface area contributed by atoms with Gasteiger partial charge in [-0.1, -0.05) is 6.07 Å². The Balaban J connectivity index is 1.48. The van der Waals surface area contributed by atoms with Crippen LogP contribution in [-0.2, 0) is 9.09 Å². The minimum absolute atomic E-state index is 0.102. The number of fused-ring (bicyclic) bond motifs is 1. The number of halogens is 1. The summed E-state index contributed by atoms with van der Waals surface area (Å²) in [4.78, 5) is 22.3. The third-order valence-corrected chi connectivity index (χ3v) is 5.99. The van der Waals surface area contributed by atoms with Crippen molar-refractivity contribution < 1.29 is 28.0 Å². The fourth-order valence-electron chi connectivity index (χ4n) is 3.53. The number of nitrogens with zero attached hydrogens (tertiary/aromatic N) is 4. The molecule has 1 aromatic carbocycles. The number of phosphoric ester groups is 1. The monoisotopic (exact) mass is 423 g/mol. The number of rotatable bonds is 7. The van der Waals surface area contributed by atoms with Crippen LogP contribution >= 0.6 is 7.82 Å². The van der Waals surface area contributed by atoms with Gasteiger partial charge in [-0.25, -0.2) is 23.9 Å². The molecular weight excluding hydrogens is 404 g/mol. The van der Waals surface area contributed by atoms with Crippen molar-refractivity contribution in [3.63, 3.8) is 0 Å². The maximum atomic E-state index is 13.2. The fourth-order valence-corrected chi connectivity index (χ4v) is 4.32. The molecule has 0 amide bonds. The molecule has 154 valence electrons. The molecule has 2 heterocycles. The number of nitrogen functional groups attached to an aromatic ring is 1. The van der Waals surface area contributed by atoms with Gasteiger partial charge >= 0.3 is 7.82 Å². The van der Waals surface area contributed by atoms with E-state index in [1.807, 2.05) is 0 Å². The summed E-state index contributed by atoms with van der Waals surface area (Å²) in [6.45, 7) is -0.256. The van der Waals surface area contributed by atoms with E-state index in [4.69, 9.17) is 14.8 Å². The summed E-state index contributed by atoms with van der Waals surface area (Å²) < 4.78 is 37.3. The lowest BCUT2D eigenvalue weighted by atomic mass is 9.70. The molecule has 0 spiro atoms. The lowest BCUT2D eigenvalue weighted by Crippen LogP contribution is -2.43. The zero-order chi connectivity index (χ0) is 20.6. The SMILES string of the molecule is Nc1ncnc2c1ncn2[C@@H]1C[C@H](CO)[C@@H]1COP(=O)(O)Oc1cccc(F)c1. The van der Waals surface area contributed by atoms with Gasteiger partial charge in [0.2, 0.25) is 0 Å². The number of hydrogen-bond acceptors (Lipinski definition) is 8. The number of imidazole rings is 1.